The van der Waals surface area contributed by atoms with Crippen LogP contribution in [0.4, 0.5) is 13.2 Å². The fourth-order valence-corrected chi connectivity index (χ4v) is 3.65. The molecule has 0 N–H and O–H groups in total. The van der Waals surface area contributed by atoms with E-state index >= 15 is 0 Å². The average Bonchev–Trinajstić information content (AvgIpc) is 2.46. The molecular weight excluding hydrogens is 333 g/mol. The van der Waals surface area contributed by atoms with Gasteiger partial charge in [0.15, 0.2) is 5.03 Å². The van der Waals surface area contributed by atoms with Gasteiger partial charge in [0.1, 0.15) is 5.75 Å². The van der Waals surface area contributed by atoms with Crippen molar-refractivity contribution in [2.24, 2.45) is 0 Å². The van der Waals surface area contributed by atoms with Crippen LogP contribution in [0.3, 0.4) is 0 Å². The van der Waals surface area contributed by atoms with Crippen molar-refractivity contribution < 1.29 is 26.4 Å². The third-order valence-corrected chi connectivity index (χ3v) is 5.32. The number of carbonyl (C=O) groups is 1. The van der Waals surface area contributed by atoms with Gasteiger partial charge in [-0.25, -0.2) is 13.4 Å². The first kappa shape index (κ1) is 17.7. The molecule has 1 aliphatic rings. The Labute approximate surface area is 132 Å². The molecule has 0 spiro atoms. The van der Waals surface area contributed by atoms with Crippen LogP contribution >= 0.6 is 0 Å². The predicted octanol–water partition coefficient (Wildman–Crippen LogP) is 2.28. The van der Waals surface area contributed by atoms with Gasteiger partial charge in [0.05, 0.1) is 5.56 Å². The highest BCUT2D eigenvalue weighted by molar-refractivity contribution is 7.92. The Hall–Kier alpha value is -1.64. The molecule has 1 aliphatic heterocycles. The van der Waals surface area contributed by atoms with E-state index in [1.54, 1.807) is 0 Å². The van der Waals surface area contributed by atoms with E-state index in [0.29, 0.717) is 18.8 Å². The number of carbonyl (C=O) groups excluding carboxylic acids is 1. The number of amides is 1. The topological polar surface area (TPSA) is 67.3 Å². The van der Waals surface area contributed by atoms with Crippen LogP contribution in [0.5, 0.6) is 0 Å². The smallest absolute Gasteiger partial charge is 0.339 e. The molecule has 2 rings (SSSR count). The lowest BCUT2D eigenvalue weighted by atomic mass is 10.0. The van der Waals surface area contributed by atoms with Gasteiger partial charge >= 0.3 is 6.18 Å². The fourth-order valence-electron chi connectivity index (χ4n) is 2.52. The van der Waals surface area contributed by atoms with E-state index in [9.17, 15) is 26.4 Å². The number of halogens is 3. The molecule has 1 aromatic heterocycles. The maximum Gasteiger partial charge on any atom is 0.417 e. The van der Waals surface area contributed by atoms with E-state index in [1.165, 1.54) is 4.90 Å². The van der Waals surface area contributed by atoms with Crippen LogP contribution < -0.4 is 0 Å². The van der Waals surface area contributed by atoms with Gasteiger partial charge in [0.2, 0.25) is 15.7 Å². The number of alkyl halides is 3. The second-order valence-corrected chi connectivity index (χ2v) is 7.51. The minimum Gasteiger partial charge on any atom is -0.339 e. The van der Waals surface area contributed by atoms with E-state index in [-0.39, 0.29) is 6.04 Å². The highest BCUT2D eigenvalue weighted by atomic mass is 32.2. The SMILES string of the molecule is CC1CCCCN1C(=O)CS(=O)(=O)c1ccc(C(F)(F)F)cn1. The van der Waals surface area contributed by atoms with Crippen molar-refractivity contribution in [1.82, 2.24) is 9.88 Å². The number of aromatic nitrogens is 1. The molecule has 1 amide bonds. The lowest BCUT2D eigenvalue weighted by Crippen LogP contribution is -2.44. The summed E-state index contributed by atoms with van der Waals surface area (Å²) in [4.78, 5) is 17.0. The summed E-state index contributed by atoms with van der Waals surface area (Å²) in [6, 6.07) is 1.39. The summed E-state index contributed by atoms with van der Waals surface area (Å²) in [6.07, 6.45) is -1.52. The second-order valence-electron chi connectivity index (χ2n) is 5.57. The molecule has 2 heterocycles. The second kappa shape index (κ2) is 6.46. The predicted molar refractivity (Wildman–Crippen MR) is 76.3 cm³/mol. The van der Waals surface area contributed by atoms with Gasteiger partial charge < -0.3 is 4.90 Å². The first-order chi connectivity index (χ1) is 10.6. The van der Waals surface area contributed by atoms with Crippen molar-refractivity contribution in [1.29, 1.82) is 0 Å². The van der Waals surface area contributed by atoms with E-state index in [0.717, 1.165) is 25.3 Å². The first-order valence-electron chi connectivity index (χ1n) is 7.17. The number of sulfone groups is 1. The normalized spacial score (nSPS) is 19.7. The van der Waals surface area contributed by atoms with Crippen molar-refractivity contribution in [2.75, 3.05) is 12.3 Å². The monoisotopic (exact) mass is 350 g/mol. The van der Waals surface area contributed by atoms with Gasteiger partial charge in [0.25, 0.3) is 0 Å². The average molecular weight is 350 g/mol. The zero-order chi connectivity index (χ0) is 17.3. The summed E-state index contributed by atoms with van der Waals surface area (Å²) in [5.74, 6) is -1.32. The zero-order valence-corrected chi connectivity index (χ0v) is 13.3. The quantitative estimate of drug-likeness (QED) is 0.839. The summed E-state index contributed by atoms with van der Waals surface area (Å²) in [6.45, 7) is 2.34. The Morgan fingerprint density at radius 3 is 2.57 bits per heavy atom. The molecule has 1 fully saturated rings. The molecule has 9 heteroatoms. The zero-order valence-electron chi connectivity index (χ0n) is 12.5. The van der Waals surface area contributed by atoms with Crippen molar-refractivity contribution in [3.63, 3.8) is 0 Å². The molecular formula is C14H17F3N2O3S. The maximum absolute atomic E-state index is 12.5. The Bertz CT molecular complexity index is 672. The van der Waals surface area contributed by atoms with Gasteiger partial charge in [-0.05, 0) is 38.3 Å². The van der Waals surface area contributed by atoms with E-state index in [1.807, 2.05) is 6.92 Å². The van der Waals surface area contributed by atoms with Crippen LogP contribution in [-0.4, -0.2) is 42.5 Å². The third-order valence-electron chi connectivity index (χ3n) is 3.82. The molecule has 0 aliphatic carbocycles. The molecule has 1 unspecified atom stereocenters. The molecule has 1 saturated heterocycles. The number of nitrogens with zero attached hydrogens (tertiary/aromatic N) is 2. The Kier molecular flexibility index (Phi) is 4.98. The van der Waals surface area contributed by atoms with Gasteiger partial charge in [0, 0.05) is 18.8 Å². The summed E-state index contributed by atoms with van der Waals surface area (Å²) >= 11 is 0. The highest BCUT2D eigenvalue weighted by Gasteiger charge is 2.32. The molecule has 128 valence electrons. The van der Waals surface area contributed by atoms with E-state index in [2.05, 4.69) is 4.98 Å². The minimum absolute atomic E-state index is 0.0352. The number of hydrogen-bond donors (Lipinski definition) is 0. The van der Waals surface area contributed by atoms with Crippen molar-refractivity contribution in [3.8, 4) is 0 Å². The summed E-state index contributed by atoms with van der Waals surface area (Å²) < 4.78 is 61.7. The van der Waals surface area contributed by atoms with Gasteiger partial charge in [-0.2, -0.15) is 13.2 Å². The van der Waals surface area contributed by atoms with Crippen LogP contribution in [0.1, 0.15) is 31.7 Å². The number of piperidine rings is 1. The molecule has 0 aromatic carbocycles. The molecule has 0 bridgehead atoms. The molecule has 1 atom stereocenters. The number of pyridine rings is 1. The van der Waals surface area contributed by atoms with Crippen LogP contribution in [0.25, 0.3) is 0 Å². The minimum atomic E-state index is -4.59. The molecule has 23 heavy (non-hydrogen) atoms. The maximum atomic E-state index is 12.5. The molecule has 5 nitrogen and oxygen atoms in total. The van der Waals surface area contributed by atoms with Crippen LogP contribution in [0.15, 0.2) is 23.4 Å². The first-order valence-corrected chi connectivity index (χ1v) is 8.82. The lowest BCUT2D eigenvalue weighted by Gasteiger charge is -2.33. The molecule has 0 radical (unpaired) electrons. The lowest BCUT2D eigenvalue weighted by molar-refractivity contribution is -0.138. The van der Waals surface area contributed by atoms with Gasteiger partial charge in [-0.15, -0.1) is 0 Å². The number of likely N-dealkylation sites (tertiary alicyclic amines) is 1. The van der Waals surface area contributed by atoms with Gasteiger partial charge in [-0.1, -0.05) is 0 Å². The number of rotatable bonds is 3. The van der Waals surface area contributed by atoms with E-state index in [4.69, 9.17) is 0 Å². The van der Waals surface area contributed by atoms with Crippen LogP contribution in [-0.2, 0) is 20.8 Å². The van der Waals surface area contributed by atoms with Crippen molar-refractivity contribution in [3.05, 3.63) is 23.9 Å². The fraction of sp³-hybridized carbons (Fsp3) is 0.571. The van der Waals surface area contributed by atoms with Crippen molar-refractivity contribution >= 4 is 15.7 Å². The van der Waals surface area contributed by atoms with Crippen LogP contribution in [0, 0.1) is 0 Å². The summed E-state index contributed by atoms with van der Waals surface area (Å²) in [5.41, 5.74) is -1.03. The Balaban J connectivity index is 2.13. The largest absolute Gasteiger partial charge is 0.417 e. The Morgan fingerprint density at radius 2 is 2.04 bits per heavy atom. The summed E-state index contributed by atoms with van der Waals surface area (Å²) in [7, 11) is -4.06. The van der Waals surface area contributed by atoms with Gasteiger partial charge in [-0.3, -0.25) is 4.79 Å². The van der Waals surface area contributed by atoms with Crippen LogP contribution in [0.2, 0.25) is 0 Å². The third kappa shape index (κ3) is 4.21. The molecule has 1 aromatic rings. The standard InChI is InChI=1S/C14H17F3N2O3S/c1-10-4-2-3-7-19(10)13(20)9-23(21,22)12-6-5-11(8-18-12)14(15,16)17/h5-6,8,10H,2-4,7,9H2,1H3. The highest BCUT2D eigenvalue weighted by Crippen LogP contribution is 2.29. The summed E-state index contributed by atoms with van der Waals surface area (Å²) in [5, 5.41) is -0.525. The molecule has 0 saturated carbocycles. The van der Waals surface area contributed by atoms with E-state index < -0.39 is 38.3 Å². The number of hydrogen-bond acceptors (Lipinski definition) is 4. The van der Waals surface area contributed by atoms with Crippen molar-refractivity contribution in [2.45, 2.75) is 43.4 Å². The Morgan fingerprint density at radius 1 is 1.35 bits per heavy atom.